The molecule has 23 heavy (non-hydrogen) atoms. The topological polar surface area (TPSA) is 29.5 Å². The second kappa shape index (κ2) is 6.19. The molecule has 2 aliphatic carbocycles. The van der Waals surface area contributed by atoms with Crippen molar-refractivity contribution >= 4 is 0 Å². The number of hydrogen-bond acceptors (Lipinski definition) is 2. The highest BCUT2D eigenvalue weighted by molar-refractivity contribution is 5.27. The van der Waals surface area contributed by atoms with Gasteiger partial charge in [0.05, 0.1) is 18.8 Å². The molecule has 5 atom stereocenters. The molecular weight excluding hydrogens is 284 g/mol. The van der Waals surface area contributed by atoms with E-state index in [1.165, 1.54) is 36.8 Å². The van der Waals surface area contributed by atoms with E-state index < -0.39 is 0 Å². The van der Waals surface area contributed by atoms with Gasteiger partial charge in [-0.1, -0.05) is 26.3 Å². The Morgan fingerprint density at radius 1 is 1.30 bits per heavy atom. The summed E-state index contributed by atoms with van der Waals surface area (Å²) in [7, 11) is 0. The maximum atomic E-state index is 10.4. The van der Waals surface area contributed by atoms with Gasteiger partial charge in [-0.15, -0.1) is 0 Å². The molecule has 0 aromatic heterocycles. The zero-order valence-corrected chi connectivity index (χ0v) is 15.4. The molecule has 130 valence electrons. The summed E-state index contributed by atoms with van der Waals surface area (Å²) in [4.78, 5) is 0. The first kappa shape index (κ1) is 17.5. The van der Waals surface area contributed by atoms with Crippen molar-refractivity contribution in [2.75, 3.05) is 6.61 Å². The zero-order chi connectivity index (χ0) is 16.8. The number of allylic oxidation sites excluding steroid dienone is 1. The van der Waals surface area contributed by atoms with Crippen LogP contribution in [0.2, 0.25) is 0 Å². The summed E-state index contributed by atoms with van der Waals surface area (Å²) < 4.78 is 5.66. The first-order chi connectivity index (χ1) is 10.8. The summed E-state index contributed by atoms with van der Waals surface area (Å²) in [6.45, 7) is 16.2. The smallest absolute Gasteiger partial charge is 0.0753 e. The lowest BCUT2D eigenvalue weighted by molar-refractivity contribution is -0.157. The Bertz CT molecular complexity index is 478. The predicted octanol–water partition coefficient (Wildman–Crippen LogP) is 4.80. The first-order valence-electron chi connectivity index (χ1n) is 9.47. The Kier molecular flexibility index (Phi) is 4.70. The van der Waals surface area contributed by atoms with Crippen molar-refractivity contribution < 1.29 is 9.84 Å². The average Bonchev–Trinajstić information content (AvgIpc) is 2.46. The first-order valence-corrected chi connectivity index (χ1v) is 9.47. The average molecular weight is 319 g/mol. The van der Waals surface area contributed by atoms with Crippen LogP contribution >= 0.6 is 0 Å². The third kappa shape index (κ3) is 3.14. The van der Waals surface area contributed by atoms with Gasteiger partial charge in [0.1, 0.15) is 0 Å². The Labute approximate surface area is 142 Å². The van der Waals surface area contributed by atoms with Crippen LogP contribution in [0.5, 0.6) is 0 Å². The van der Waals surface area contributed by atoms with E-state index in [9.17, 15) is 5.11 Å². The van der Waals surface area contributed by atoms with Crippen LogP contribution in [0.4, 0.5) is 0 Å². The number of aliphatic hydroxyl groups excluding tert-OH is 1. The summed E-state index contributed by atoms with van der Waals surface area (Å²) in [5.41, 5.74) is 3.24. The summed E-state index contributed by atoms with van der Waals surface area (Å²) in [6, 6.07) is 0. The van der Waals surface area contributed by atoms with E-state index >= 15 is 0 Å². The second-order valence-corrected chi connectivity index (χ2v) is 9.25. The van der Waals surface area contributed by atoms with E-state index in [0.717, 1.165) is 25.4 Å². The molecule has 3 rings (SSSR count). The van der Waals surface area contributed by atoms with Gasteiger partial charge in [0.15, 0.2) is 0 Å². The van der Waals surface area contributed by atoms with E-state index in [1.807, 2.05) is 0 Å². The molecule has 2 radical (unpaired) electrons. The van der Waals surface area contributed by atoms with Gasteiger partial charge in [-0.05, 0) is 81.1 Å². The van der Waals surface area contributed by atoms with E-state index in [2.05, 4.69) is 27.7 Å². The molecule has 2 fully saturated rings. The number of hydrogen-bond donors (Lipinski definition) is 1. The highest BCUT2D eigenvalue weighted by atomic mass is 16.5. The fraction of sp³-hybridized carbons (Fsp3) is 0.857. The van der Waals surface area contributed by atoms with Crippen molar-refractivity contribution in [3.05, 3.63) is 18.1 Å². The molecule has 3 aliphatic rings. The standard InChI is InChI=1S/C21H34O2/c1-6-16-11-18(22)14(2)17(20(16,3)4)7-9-21(5)10-8-19-15(12-21)13-23-19/h1,15-16,18-19,22H,6-13H2,2-5H3/t15?,16?,18?,19-,21-/m1/s1. The van der Waals surface area contributed by atoms with E-state index in [-0.39, 0.29) is 11.5 Å². The largest absolute Gasteiger partial charge is 0.389 e. The van der Waals surface area contributed by atoms with Gasteiger partial charge in [0.25, 0.3) is 0 Å². The summed E-state index contributed by atoms with van der Waals surface area (Å²) >= 11 is 0. The van der Waals surface area contributed by atoms with Crippen molar-refractivity contribution in [3.8, 4) is 0 Å². The second-order valence-electron chi connectivity index (χ2n) is 9.25. The highest BCUT2D eigenvalue weighted by Gasteiger charge is 2.44. The Balaban J connectivity index is 1.71. The molecule has 0 spiro atoms. The molecule has 1 saturated carbocycles. The van der Waals surface area contributed by atoms with Crippen molar-refractivity contribution in [2.45, 2.75) is 84.8 Å². The number of fused-ring (bicyclic) bond motifs is 1. The molecule has 1 N–H and O–H groups in total. The molecule has 2 heteroatoms. The number of rotatable bonds is 4. The SMILES string of the molecule is [CH]CC1CC(O)C(C)=C(CC[C@]2(C)CC[C@H]3OCC3C2)C1(C)C. The van der Waals surface area contributed by atoms with Crippen LogP contribution in [-0.2, 0) is 4.74 Å². The van der Waals surface area contributed by atoms with Gasteiger partial charge in [-0.2, -0.15) is 0 Å². The minimum Gasteiger partial charge on any atom is -0.389 e. The van der Waals surface area contributed by atoms with Crippen LogP contribution in [0.3, 0.4) is 0 Å². The lowest BCUT2D eigenvalue weighted by atomic mass is 9.60. The maximum absolute atomic E-state index is 10.4. The van der Waals surface area contributed by atoms with Crippen LogP contribution < -0.4 is 0 Å². The Morgan fingerprint density at radius 2 is 2.04 bits per heavy atom. The molecule has 1 heterocycles. The summed E-state index contributed by atoms with van der Waals surface area (Å²) in [6.07, 6.45) is 7.91. The van der Waals surface area contributed by atoms with Gasteiger partial charge in [0, 0.05) is 5.92 Å². The maximum Gasteiger partial charge on any atom is 0.0753 e. The quantitative estimate of drug-likeness (QED) is 0.755. The Morgan fingerprint density at radius 3 is 2.61 bits per heavy atom. The molecule has 1 aliphatic heterocycles. The van der Waals surface area contributed by atoms with Crippen molar-refractivity contribution in [3.63, 3.8) is 0 Å². The van der Waals surface area contributed by atoms with E-state index in [4.69, 9.17) is 11.7 Å². The summed E-state index contributed by atoms with van der Waals surface area (Å²) in [5, 5.41) is 10.4. The number of ether oxygens (including phenoxy) is 1. The van der Waals surface area contributed by atoms with E-state index in [0.29, 0.717) is 23.9 Å². The molecular formula is C21H34O2. The van der Waals surface area contributed by atoms with Crippen LogP contribution in [-0.4, -0.2) is 23.9 Å². The van der Waals surface area contributed by atoms with Gasteiger partial charge in [-0.3, -0.25) is 0 Å². The van der Waals surface area contributed by atoms with Gasteiger partial charge in [0.2, 0.25) is 0 Å². The Hall–Kier alpha value is -0.340. The zero-order valence-electron chi connectivity index (χ0n) is 15.4. The van der Waals surface area contributed by atoms with Crippen LogP contribution in [0.1, 0.15) is 72.6 Å². The molecule has 2 nitrogen and oxygen atoms in total. The van der Waals surface area contributed by atoms with Gasteiger partial charge in [-0.25, -0.2) is 0 Å². The fourth-order valence-corrected chi connectivity index (χ4v) is 5.36. The third-order valence-electron chi connectivity index (χ3n) is 7.38. The van der Waals surface area contributed by atoms with Crippen molar-refractivity contribution in [2.24, 2.45) is 22.7 Å². The van der Waals surface area contributed by atoms with E-state index in [1.54, 1.807) is 0 Å². The molecule has 0 aromatic carbocycles. The van der Waals surface area contributed by atoms with Gasteiger partial charge < -0.3 is 9.84 Å². The molecule has 1 saturated heterocycles. The third-order valence-corrected chi connectivity index (χ3v) is 7.38. The minimum absolute atomic E-state index is 0.116. The normalized spacial score (nSPS) is 43.0. The lowest BCUT2D eigenvalue weighted by Crippen LogP contribution is -2.47. The molecule has 0 amide bonds. The highest BCUT2D eigenvalue weighted by Crippen LogP contribution is 2.52. The predicted molar refractivity (Wildman–Crippen MR) is 93.9 cm³/mol. The van der Waals surface area contributed by atoms with Crippen molar-refractivity contribution in [1.82, 2.24) is 0 Å². The summed E-state index contributed by atoms with van der Waals surface area (Å²) in [5.74, 6) is 1.19. The minimum atomic E-state index is -0.296. The van der Waals surface area contributed by atoms with Crippen LogP contribution in [0.15, 0.2) is 11.1 Å². The molecule has 0 aromatic rings. The van der Waals surface area contributed by atoms with Gasteiger partial charge >= 0.3 is 0 Å². The van der Waals surface area contributed by atoms with Crippen LogP contribution in [0, 0.1) is 29.6 Å². The number of aliphatic hydroxyl groups is 1. The monoisotopic (exact) mass is 318 g/mol. The fourth-order valence-electron chi connectivity index (χ4n) is 5.36. The van der Waals surface area contributed by atoms with Crippen LogP contribution in [0.25, 0.3) is 0 Å². The molecule has 3 unspecified atom stereocenters. The molecule has 0 bridgehead atoms. The van der Waals surface area contributed by atoms with Crippen molar-refractivity contribution in [1.29, 1.82) is 0 Å². The lowest BCUT2D eigenvalue weighted by Gasteiger charge is -2.49.